The maximum atomic E-state index is 9.12. The van der Waals surface area contributed by atoms with E-state index in [9.17, 15) is 0 Å². The SMILES string of the molecule is C[C@@H](CCO)Nc1cc(Cl)ncc1-c1cnc(CN2CC3(COC3)C2)cn1. The van der Waals surface area contributed by atoms with Gasteiger partial charge < -0.3 is 15.2 Å². The van der Waals surface area contributed by atoms with Gasteiger partial charge >= 0.3 is 0 Å². The van der Waals surface area contributed by atoms with Crippen molar-refractivity contribution < 1.29 is 9.84 Å². The molecule has 0 unspecified atom stereocenters. The van der Waals surface area contributed by atoms with Crippen molar-refractivity contribution in [1.82, 2.24) is 19.9 Å². The summed E-state index contributed by atoms with van der Waals surface area (Å²) in [4.78, 5) is 15.7. The molecule has 0 aromatic carbocycles. The highest BCUT2D eigenvalue weighted by atomic mass is 35.5. The summed E-state index contributed by atoms with van der Waals surface area (Å²) in [6, 6.07) is 1.88. The molecule has 2 aromatic rings. The molecule has 1 spiro atoms. The summed E-state index contributed by atoms with van der Waals surface area (Å²) in [5, 5.41) is 12.9. The number of hydrogen-bond donors (Lipinski definition) is 2. The first-order valence-corrected chi connectivity index (χ1v) is 9.59. The minimum Gasteiger partial charge on any atom is -0.396 e. The van der Waals surface area contributed by atoms with Crippen molar-refractivity contribution in [1.29, 1.82) is 0 Å². The van der Waals surface area contributed by atoms with Gasteiger partial charge in [0.15, 0.2) is 0 Å². The Morgan fingerprint density at radius 2 is 2.07 bits per heavy atom. The zero-order valence-corrected chi connectivity index (χ0v) is 16.1. The van der Waals surface area contributed by atoms with Crippen LogP contribution in [0.5, 0.6) is 0 Å². The van der Waals surface area contributed by atoms with Crippen LogP contribution in [0.2, 0.25) is 5.15 Å². The van der Waals surface area contributed by atoms with Gasteiger partial charge in [0.05, 0.1) is 37.0 Å². The minimum absolute atomic E-state index is 0.105. The highest BCUT2D eigenvalue weighted by molar-refractivity contribution is 6.29. The number of halogens is 1. The lowest BCUT2D eigenvalue weighted by atomic mass is 9.78. The molecule has 144 valence electrons. The van der Waals surface area contributed by atoms with Crippen molar-refractivity contribution in [3.05, 3.63) is 35.5 Å². The molecule has 1 atom stereocenters. The lowest BCUT2D eigenvalue weighted by Crippen LogP contribution is -2.65. The van der Waals surface area contributed by atoms with Crippen LogP contribution >= 0.6 is 11.6 Å². The number of anilines is 1. The molecule has 4 rings (SSSR count). The fraction of sp³-hybridized carbons (Fsp3) is 0.526. The van der Waals surface area contributed by atoms with Gasteiger partial charge in [0.2, 0.25) is 0 Å². The molecule has 2 fully saturated rings. The maximum Gasteiger partial charge on any atom is 0.131 e. The molecule has 2 N–H and O–H groups in total. The molecule has 27 heavy (non-hydrogen) atoms. The van der Waals surface area contributed by atoms with Crippen LogP contribution in [0.1, 0.15) is 19.0 Å². The Morgan fingerprint density at radius 3 is 2.70 bits per heavy atom. The number of likely N-dealkylation sites (tertiary alicyclic amines) is 1. The van der Waals surface area contributed by atoms with Crippen molar-refractivity contribution >= 4 is 17.3 Å². The number of nitrogens with one attached hydrogen (secondary N) is 1. The largest absolute Gasteiger partial charge is 0.396 e. The van der Waals surface area contributed by atoms with Crippen molar-refractivity contribution in [3.8, 4) is 11.3 Å². The van der Waals surface area contributed by atoms with Crippen molar-refractivity contribution in [2.24, 2.45) is 5.41 Å². The van der Waals surface area contributed by atoms with Crippen LogP contribution in [0.15, 0.2) is 24.7 Å². The van der Waals surface area contributed by atoms with E-state index in [4.69, 9.17) is 21.4 Å². The summed E-state index contributed by atoms with van der Waals surface area (Å²) in [5.41, 5.74) is 3.80. The average Bonchev–Trinajstić information content (AvgIpc) is 2.57. The highest BCUT2D eigenvalue weighted by Crippen LogP contribution is 2.38. The molecule has 4 heterocycles. The Bertz CT molecular complexity index is 789. The Hall–Kier alpha value is -1.80. The molecule has 2 aromatic heterocycles. The first kappa shape index (κ1) is 18.6. The summed E-state index contributed by atoms with van der Waals surface area (Å²) in [7, 11) is 0. The third kappa shape index (κ3) is 4.06. The van der Waals surface area contributed by atoms with E-state index in [1.807, 2.05) is 13.1 Å². The van der Waals surface area contributed by atoms with E-state index in [0.717, 1.165) is 55.5 Å². The zero-order valence-electron chi connectivity index (χ0n) is 15.4. The van der Waals surface area contributed by atoms with E-state index in [1.54, 1.807) is 18.5 Å². The van der Waals surface area contributed by atoms with Gasteiger partial charge in [-0.2, -0.15) is 0 Å². The second kappa shape index (κ2) is 7.67. The minimum atomic E-state index is 0.105. The Morgan fingerprint density at radius 1 is 1.26 bits per heavy atom. The molecule has 0 aliphatic carbocycles. The normalized spacial score (nSPS) is 19.4. The van der Waals surface area contributed by atoms with Crippen LogP contribution in [0.4, 0.5) is 5.69 Å². The lowest BCUT2D eigenvalue weighted by Gasteiger charge is -2.55. The van der Waals surface area contributed by atoms with Gasteiger partial charge in [0, 0.05) is 55.1 Å². The van der Waals surface area contributed by atoms with Gasteiger partial charge in [-0.25, -0.2) is 4.98 Å². The number of nitrogens with zero attached hydrogens (tertiary/aromatic N) is 4. The number of aliphatic hydroxyl groups excluding tert-OH is 1. The van der Waals surface area contributed by atoms with Gasteiger partial charge in [-0.05, 0) is 19.4 Å². The van der Waals surface area contributed by atoms with Crippen LogP contribution in [0, 0.1) is 5.41 Å². The zero-order chi connectivity index (χ0) is 18.9. The van der Waals surface area contributed by atoms with E-state index >= 15 is 0 Å². The Labute approximate surface area is 163 Å². The summed E-state index contributed by atoms with van der Waals surface area (Å²) in [6.45, 7) is 6.89. The predicted molar refractivity (Wildman–Crippen MR) is 104 cm³/mol. The van der Waals surface area contributed by atoms with Crippen LogP contribution in [-0.4, -0.2) is 63.9 Å². The van der Waals surface area contributed by atoms with Gasteiger partial charge in [0.25, 0.3) is 0 Å². The number of pyridine rings is 1. The Kier molecular flexibility index (Phi) is 5.27. The third-order valence-corrected chi connectivity index (χ3v) is 5.34. The maximum absolute atomic E-state index is 9.12. The van der Waals surface area contributed by atoms with Crippen LogP contribution < -0.4 is 5.32 Å². The second-order valence-corrected chi connectivity index (χ2v) is 8.03. The monoisotopic (exact) mass is 389 g/mol. The smallest absolute Gasteiger partial charge is 0.131 e. The number of hydrogen-bond acceptors (Lipinski definition) is 7. The highest BCUT2D eigenvalue weighted by Gasteiger charge is 2.48. The summed E-state index contributed by atoms with van der Waals surface area (Å²) < 4.78 is 5.32. The molecule has 7 nitrogen and oxygen atoms in total. The summed E-state index contributed by atoms with van der Waals surface area (Å²) in [5.74, 6) is 0. The van der Waals surface area contributed by atoms with E-state index in [1.165, 1.54) is 0 Å². The molecule has 0 saturated carbocycles. The standard InChI is InChI=1S/C19H24ClN5O2/c1-13(2-3-26)24-16-4-18(20)23-6-15(16)17-7-21-14(5-22-17)8-25-9-19(10-25)11-27-12-19/h4-7,13,26H,2-3,8-12H2,1H3,(H,23,24)/t13-/m0/s1. The summed E-state index contributed by atoms with van der Waals surface area (Å²) in [6.07, 6.45) is 5.96. The molecule has 0 bridgehead atoms. The molecule has 0 radical (unpaired) electrons. The third-order valence-electron chi connectivity index (χ3n) is 5.14. The molecule has 2 aliphatic rings. The number of aliphatic hydroxyl groups is 1. The first-order valence-electron chi connectivity index (χ1n) is 9.21. The van der Waals surface area contributed by atoms with E-state index in [-0.39, 0.29) is 12.6 Å². The van der Waals surface area contributed by atoms with Crippen molar-refractivity contribution in [3.63, 3.8) is 0 Å². The average molecular weight is 390 g/mol. The number of aromatic nitrogens is 3. The molecule has 2 aliphatic heterocycles. The number of ether oxygens (including phenoxy) is 1. The molecular weight excluding hydrogens is 366 g/mol. The molecular formula is C19H24ClN5O2. The predicted octanol–water partition coefficient (Wildman–Crippen LogP) is 2.21. The fourth-order valence-corrected chi connectivity index (χ4v) is 3.83. The second-order valence-electron chi connectivity index (χ2n) is 7.64. The topological polar surface area (TPSA) is 83.4 Å². The van der Waals surface area contributed by atoms with Crippen molar-refractivity contribution in [2.45, 2.75) is 25.9 Å². The van der Waals surface area contributed by atoms with Crippen molar-refractivity contribution in [2.75, 3.05) is 38.2 Å². The fourth-order valence-electron chi connectivity index (χ4n) is 3.68. The van der Waals surface area contributed by atoms with E-state index in [2.05, 4.69) is 25.2 Å². The Balaban J connectivity index is 1.45. The van der Waals surface area contributed by atoms with Gasteiger partial charge in [-0.3, -0.25) is 14.9 Å². The summed E-state index contributed by atoms with van der Waals surface area (Å²) >= 11 is 6.06. The van der Waals surface area contributed by atoms with Gasteiger partial charge in [-0.1, -0.05) is 11.6 Å². The van der Waals surface area contributed by atoms with Crippen LogP contribution in [-0.2, 0) is 11.3 Å². The first-order chi connectivity index (χ1) is 13.1. The van der Waals surface area contributed by atoms with Crippen LogP contribution in [0.25, 0.3) is 11.3 Å². The van der Waals surface area contributed by atoms with Crippen LogP contribution in [0.3, 0.4) is 0 Å². The lowest BCUT2D eigenvalue weighted by molar-refractivity contribution is -0.191. The number of rotatable bonds is 7. The molecule has 8 heteroatoms. The van der Waals surface area contributed by atoms with E-state index < -0.39 is 0 Å². The van der Waals surface area contributed by atoms with Gasteiger partial charge in [-0.15, -0.1) is 0 Å². The van der Waals surface area contributed by atoms with E-state index in [0.29, 0.717) is 17.0 Å². The molecule has 2 saturated heterocycles. The molecule has 0 amide bonds. The van der Waals surface area contributed by atoms with Gasteiger partial charge in [0.1, 0.15) is 5.15 Å². The quantitative estimate of drug-likeness (QED) is 0.702.